The number of aliphatic hydroxyl groups is 3. The maximum absolute atomic E-state index is 14.8. The van der Waals surface area contributed by atoms with Crippen LogP contribution < -0.4 is 15.6 Å². The van der Waals surface area contributed by atoms with Crippen LogP contribution in [-0.4, -0.2) is 163 Å². The fourth-order valence-electron chi connectivity index (χ4n) is 12.3. The van der Waals surface area contributed by atoms with E-state index in [1.54, 1.807) is 55.6 Å². The van der Waals surface area contributed by atoms with Crippen molar-refractivity contribution in [2.45, 2.75) is 238 Å². The van der Waals surface area contributed by atoms with Crippen molar-refractivity contribution in [3.63, 3.8) is 0 Å². The summed E-state index contributed by atoms with van der Waals surface area (Å²) in [5.74, 6) is -3.57. The second-order valence-corrected chi connectivity index (χ2v) is 23.3. The number of amides is 1. The van der Waals surface area contributed by atoms with Gasteiger partial charge in [0.1, 0.15) is 29.7 Å². The highest BCUT2D eigenvalue weighted by molar-refractivity contribution is 5.88. The maximum atomic E-state index is 14.8. The quantitative estimate of drug-likeness (QED) is 0.0431. The second kappa shape index (κ2) is 28.6. The number of carbonyl (C=O) groups excluding carboxylic acids is 3. The number of rotatable bonds is 18. The van der Waals surface area contributed by atoms with E-state index in [4.69, 9.17) is 52.6 Å². The average molecular weight is 1090 g/mol. The van der Waals surface area contributed by atoms with Gasteiger partial charge in [-0.2, -0.15) is 0 Å². The van der Waals surface area contributed by atoms with E-state index in [1.165, 1.54) is 53.1 Å². The van der Waals surface area contributed by atoms with Gasteiger partial charge in [0.05, 0.1) is 60.9 Å². The number of hydrogen-bond acceptors (Lipinski definition) is 19. The zero-order valence-electron chi connectivity index (χ0n) is 48.8. The molecule has 0 aromatic heterocycles. The molecule has 1 saturated carbocycles. The number of nitrogens with zero attached hydrogens (tertiary/aromatic N) is 2. The van der Waals surface area contributed by atoms with Crippen LogP contribution in [0.15, 0.2) is 29.4 Å². The molecule has 20 nitrogen and oxygen atoms in total. The molecular formula is C57H96N4O16. The van der Waals surface area contributed by atoms with Gasteiger partial charge >= 0.3 is 18.0 Å². The number of aliphatic hydroxyl groups excluding tert-OH is 1. The highest BCUT2D eigenvalue weighted by Gasteiger charge is 2.55. The van der Waals surface area contributed by atoms with Crippen molar-refractivity contribution < 1.29 is 77.2 Å². The summed E-state index contributed by atoms with van der Waals surface area (Å²) in [6.07, 6.45) is -2.87. The largest absolute Gasteiger partial charge is 0.496 e. The van der Waals surface area contributed by atoms with Gasteiger partial charge in [0.2, 0.25) is 0 Å². The Hall–Kier alpha value is -3.70. The fourth-order valence-corrected chi connectivity index (χ4v) is 12.3. The van der Waals surface area contributed by atoms with E-state index in [1.807, 2.05) is 57.1 Å². The van der Waals surface area contributed by atoms with E-state index < -0.39 is 126 Å². The molecular weight excluding hydrogens is 997 g/mol. The lowest BCUT2D eigenvalue weighted by atomic mass is 9.73. The van der Waals surface area contributed by atoms with Crippen molar-refractivity contribution in [3.05, 3.63) is 29.8 Å². The molecule has 0 radical (unpaired) electrons. The number of hydrazine groups is 1. The summed E-state index contributed by atoms with van der Waals surface area (Å²) >= 11 is 0. The van der Waals surface area contributed by atoms with E-state index in [9.17, 15) is 29.7 Å². The third-order valence-corrected chi connectivity index (χ3v) is 16.7. The predicted octanol–water partition coefficient (Wildman–Crippen LogP) is 6.97. The van der Waals surface area contributed by atoms with Gasteiger partial charge in [-0.15, -0.1) is 0 Å². The number of hydrogen-bond donors (Lipinski definition) is 5. The van der Waals surface area contributed by atoms with Crippen LogP contribution in [0.4, 0.5) is 4.79 Å². The van der Waals surface area contributed by atoms with Crippen molar-refractivity contribution in [1.82, 2.24) is 15.8 Å². The van der Waals surface area contributed by atoms with Crippen LogP contribution in [0.25, 0.3) is 0 Å². The number of nitrogens with one attached hydrogen (secondary N) is 2. The van der Waals surface area contributed by atoms with Gasteiger partial charge in [-0.3, -0.25) is 15.0 Å². The van der Waals surface area contributed by atoms with Crippen molar-refractivity contribution in [2.75, 3.05) is 34.9 Å². The third kappa shape index (κ3) is 16.7. The molecule has 4 fully saturated rings. The molecule has 18 atom stereocenters. The number of ether oxygens (including phenoxy) is 9. The number of carbonyl (C=O) groups is 3. The van der Waals surface area contributed by atoms with Crippen molar-refractivity contribution in [2.24, 2.45) is 34.7 Å². The van der Waals surface area contributed by atoms with Crippen LogP contribution in [0.3, 0.4) is 0 Å². The summed E-state index contributed by atoms with van der Waals surface area (Å²) in [6.45, 7) is 19.1. The molecule has 1 aromatic rings. The molecule has 440 valence electrons. The Morgan fingerprint density at radius 1 is 0.896 bits per heavy atom. The highest BCUT2D eigenvalue weighted by Crippen LogP contribution is 2.42. The Labute approximate surface area is 458 Å². The first kappa shape index (κ1) is 64.1. The third-order valence-electron chi connectivity index (χ3n) is 16.7. The molecule has 1 unspecified atom stereocenters. The molecule has 77 heavy (non-hydrogen) atoms. The molecule has 3 saturated heterocycles. The number of oxime groups is 1. The zero-order valence-corrected chi connectivity index (χ0v) is 48.8. The fraction of sp³-hybridized carbons (Fsp3) is 0.825. The van der Waals surface area contributed by atoms with E-state index >= 15 is 0 Å². The van der Waals surface area contributed by atoms with Gasteiger partial charge in [0.25, 0.3) is 0 Å². The van der Waals surface area contributed by atoms with Crippen LogP contribution in [0, 0.1) is 29.6 Å². The number of para-hydroxylation sites is 1. The van der Waals surface area contributed by atoms with Crippen molar-refractivity contribution in [1.29, 1.82) is 0 Å². The summed E-state index contributed by atoms with van der Waals surface area (Å²) in [5, 5.41) is 42.5. The minimum atomic E-state index is -1.98. The first-order valence-electron chi connectivity index (χ1n) is 28.1. The molecule has 1 amide bonds. The number of cyclic esters (lactones) is 1. The van der Waals surface area contributed by atoms with E-state index in [2.05, 4.69) is 10.9 Å². The summed E-state index contributed by atoms with van der Waals surface area (Å²) in [7, 11) is 6.81. The Kier molecular flexibility index (Phi) is 23.8. The first-order valence-corrected chi connectivity index (χ1v) is 28.1. The monoisotopic (exact) mass is 1090 g/mol. The molecule has 20 heteroatoms. The minimum Gasteiger partial charge on any atom is -0.496 e. The summed E-state index contributed by atoms with van der Waals surface area (Å²) in [6, 6.07) is 6.96. The number of benzene rings is 1. The van der Waals surface area contributed by atoms with Gasteiger partial charge in [-0.1, -0.05) is 83.2 Å². The minimum absolute atomic E-state index is 0.0464. The van der Waals surface area contributed by atoms with Gasteiger partial charge in [0.15, 0.2) is 24.8 Å². The van der Waals surface area contributed by atoms with Crippen LogP contribution in [-0.2, 0) is 58.9 Å². The normalized spacial score (nSPS) is 38.6. The van der Waals surface area contributed by atoms with Crippen molar-refractivity contribution >= 4 is 23.7 Å². The molecule has 0 bridgehead atoms. The average Bonchev–Trinajstić information content (AvgIpc) is 3.39. The lowest BCUT2D eigenvalue weighted by molar-refractivity contribution is -0.318. The summed E-state index contributed by atoms with van der Waals surface area (Å²) in [4.78, 5) is 49.0. The molecule has 4 aliphatic rings. The molecule has 1 aromatic carbocycles. The van der Waals surface area contributed by atoms with E-state index in [0.29, 0.717) is 30.4 Å². The zero-order chi connectivity index (χ0) is 57.0. The van der Waals surface area contributed by atoms with E-state index in [0.717, 1.165) is 18.4 Å². The number of esters is 2. The van der Waals surface area contributed by atoms with E-state index in [-0.39, 0.29) is 25.8 Å². The Balaban J connectivity index is 1.59. The Morgan fingerprint density at radius 2 is 1.58 bits per heavy atom. The lowest BCUT2D eigenvalue weighted by Gasteiger charge is -2.49. The van der Waals surface area contributed by atoms with Gasteiger partial charge in [-0.05, 0) is 99.7 Å². The summed E-state index contributed by atoms with van der Waals surface area (Å²) in [5.41, 5.74) is 1.80. The molecule has 3 aliphatic heterocycles. The van der Waals surface area contributed by atoms with Crippen LogP contribution in [0.5, 0.6) is 5.75 Å². The van der Waals surface area contributed by atoms with Gasteiger partial charge < -0.3 is 67.7 Å². The molecule has 0 spiro atoms. The second-order valence-electron chi connectivity index (χ2n) is 23.3. The Bertz CT molecular complexity index is 2050. The molecule has 3 heterocycles. The van der Waals surface area contributed by atoms with Crippen LogP contribution in [0.1, 0.15) is 152 Å². The first-order chi connectivity index (χ1) is 36.3. The number of methoxy groups -OCH3 is 2. The maximum Gasteiger partial charge on any atom is 0.422 e. The Morgan fingerprint density at radius 3 is 2.22 bits per heavy atom. The van der Waals surface area contributed by atoms with Gasteiger partial charge in [0, 0.05) is 50.3 Å². The smallest absolute Gasteiger partial charge is 0.422 e. The molecule has 5 N–H and O–H groups in total. The lowest BCUT2D eigenvalue weighted by Crippen LogP contribution is -2.62. The molecule has 1 aliphatic carbocycles. The van der Waals surface area contributed by atoms with Gasteiger partial charge in [-0.25, -0.2) is 10.2 Å². The van der Waals surface area contributed by atoms with Crippen molar-refractivity contribution in [3.8, 4) is 5.75 Å². The molecule has 5 rings (SSSR count). The predicted molar refractivity (Wildman–Crippen MR) is 287 cm³/mol. The standard InChI is InChI=1S/C57H96N4O16/c1-16-44-57(11,67)49(63)35(4)46(60-70-28-22-25-40-23-18-17-19-24-40)33(2)30-55(9,66)50(36(5)47(37(6)52(64)74-44)75-45-31-56(10,69-15)51(38(7)72-45)73-39(8)62)77-53-48(42(61(12)13)29-34(3)71-53)76-54(65)59-58-32-41-26-20-21-27-43(41)68-14/h20-21,26-27,33-38,40,42,44-45,47-51,53,58,63,66-67H,16-19,22-25,28-32H2,1-15H3,(H,59,65)/b60-46+/t33-,34-,35+,36+,37-,38+,42+,44-,45+,47+,48-,49-,50-,51+,53+,55?,56-,57-/m1/s1. The summed E-state index contributed by atoms with van der Waals surface area (Å²) < 4.78 is 56.8. The SMILES string of the molecule is CC[C@H]1OC(=O)[C@H](C)[C@@H](O[C@H]2C[C@@](C)(OC)[C@@H](OC(C)=O)[C@H](C)O2)[C@H](C)[C@@H](O[C@@H]2O[C@H](C)C[C@H](N(C)C)[C@H]2OC(=O)NNCc2ccccc2OC)C(C)(O)C[C@@H](C)/C(=N\OCCCC2CCCCC2)[C@H](C)[C@@H](O)[C@]1(C)O. The van der Waals surface area contributed by atoms with Crippen LogP contribution >= 0.6 is 0 Å². The topological polar surface area (TPSA) is 244 Å². The van der Waals surface area contributed by atoms with Crippen LogP contribution in [0.2, 0.25) is 0 Å². The highest BCUT2D eigenvalue weighted by atomic mass is 16.7. The number of likely N-dealkylation sites (N-methyl/N-ethyl adjacent to an activating group) is 1.